The molecule has 1 aromatic carbocycles. The summed E-state index contributed by atoms with van der Waals surface area (Å²) < 4.78 is 0. The summed E-state index contributed by atoms with van der Waals surface area (Å²) in [7, 11) is 0. The lowest BCUT2D eigenvalue weighted by Gasteiger charge is -1.92. The van der Waals surface area contributed by atoms with E-state index in [2.05, 4.69) is 0 Å². The van der Waals surface area contributed by atoms with E-state index in [-0.39, 0.29) is 5.78 Å². The second-order valence-electron chi connectivity index (χ2n) is 2.20. The summed E-state index contributed by atoms with van der Waals surface area (Å²) in [6.45, 7) is 0. The highest BCUT2D eigenvalue weighted by atomic mass is 16.1. The molecule has 0 aliphatic rings. The van der Waals surface area contributed by atoms with Crippen LogP contribution < -0.4 is 0 Å². The predicted molar refractivity (Wildman–Crippen MR) is 44.3 cm³/mol. The third-order valence-corrected chi connectivity index (χ3v) is 1.43. The van der Waals surface area contributed by atoms with Gasteiger partial charge in [0.05, 0.1) is 17.8 Å². The van der Waals surface area contributed by atoms with Crippen molar-refractivity contribution in [3.8, 4) is 6.07 Å². The monoisotopic (exact) mass is 158 g/mol. The Balaban J connectivity index is 3.01. The lowest BCUT2D eigenvalue weighted by molar-refractivity contribution is 0.107. The summed E-state index contributed by atoms with van der Waals surface area (Å²) >= 11 is 0. The molecule has 0 aromatic heterocycles. The van der Waals surface area contributed by atoms with Gasteiger partial charge in [-0.1, -0.05) is 0 Å². The molecule has 0 heterocycles. The number of ketones is 1. The number of Topliss-reactive ketones (excluding diaryl/α,β-unsaturated/α-hetero) is 1. The fourth-order valence-corrected chi connectivity index (χ4v) is 0.792. The SMILES string of the molecule is N#Cc1ccc(C(=O)C=N)cc1. The van der Waals surface area contributed by atoms with Crippen LogP contribution in [-0.4, -0.2) is 12.0 Å². The molecule has 0 aliphatic carbocycles. The first-order chi connectivity index (χ1) is 5.77. The van der Waals surface area contributed by atoms with Gasteiger partial charge in [-0.2, -0.15) is 5.26 Å². The summed E-state index contributed by atoms with van der Waals surface area (Å²) in [6, 6.07) is 8.11. The van der Waals surface area contributed by atoms with Gasteiger partial charge < -0.3 is 5.41 Å². The van der Waals surface area contributed by atoms with Crippen molar-refractivity contribution < 1.29 is 4.79 Å². The molecule has 12 heavy (non-hydrogen) atoms. The maximum atomic E-state index is 10.9. The molecule has 0 unspecified atom stereocenters. The summed E-state index contributed by atoms with van der Waals surface area (Å²) in [5.41, 5.74) is 0.945. The van der Waals surface area contributed by atoms with E-state index in [1.54, 1.807) is 12.1 Å². The second kappa shape index (κ2) is 3.44. The van der Waals surface area contributed by atoms with Gasteiger partial charge >= 0.3 is 0 Å². The van der Waals surface area contributed by atoms with Crippen molar-refractivity contribution in [3.63, 3.8) is 0 Å². The van der Waals surface area contributed by atoms with Crippen LogP contribution in [0.4, 0.5) is 0 Å². The van der Waals surface area contributed by atoms with E-state index in [1.165, 1.54) is 12.1 Å². The molecule has 0 fully saturated rings. The fourth-order valence-electron chi connectivity index (χ4n) is 0.792. The highest BCUT2D eigenvalue weighted by Gasteiger charge is 2.00. The molecular formula is C9H6N2O. The van der Waals surface area contributed by atoms with E-state index in [1.807, 2.05) is 6.07 Å². The van der Waals surface area contributed by atoms with Crippen molar-refractivity contribution in [2.24, 2.45) is 0 Å². The molecule has 0 saturated heterocycles. The average Bonchev–Trinajstić information content (AvgIpc) is 2.17. The molecule has 0 spiro atoms. The van der Waals surface area contributed by atoms with Crippen LogP contribution >= 0.6 is 0 Å². The molecular weight excluding hydrogens is 152 g/mol. The van der Waals surface area contributed by atoms with Crippen molar-refractivity contribution in [1.82, 2.24) is 0 Å². The molecule has 3 heteroatoms. The molecule has 1 aromatic rings. The number of carbonyl (C=O) groups is 1. The number of nitrogens with zero attached hydrogens (tertiary/aromatic N) is 1. The van der Waals surface area contributed by atoms with E-state index in [0.29, 0.717) is 11.1 Å². The number of rotatable bonds is 2. The van der Waals surface area contributed by atoms with Crippen molar-refractivity contribution in [2.75, 3.05) is 0 Å². The number of carbonyl (C=O) groups excluding carboxylic acids is 1. The van der Waals surface area contributed by atoms with Gasteiger partial charge in [0.15, 0.2) is 0 Å². The zero-order chi connectivity index (χ0) is 8.97. The Hall–Kier alpha value is -1.95. The van der Waals surface area contributed by atoms with E-state index in [9.17, 15) is 4.79 Å². The van der Waals surface area contributed by atoms with Gasteiger partial charge in [0.1, 0.15) is 0 Å². The third kappa shape index (κ3) is 1.55. The first-order valence-corrected chi connectivity index (χ1v) is 3.33. The smallest absolute Gasteiger partial charge is 0.203 e. The zero-order valence-electron chi connectivity index (χ0n) is 6.24. The molecule has 0 radical (unpaired) electrons. The molecule has 0 aliphatic heterocycles. The Kier molecular flexibility index (Phi) is 2.34. The first kappa shape index (κ1) is 8.15. The van der Waals surface area contributed by atoms with Crippen molar-refractivity contribution in [1.29, 1.82) is 10.7 Å². The normalized spacial score (nSPS) is 8.58. The number of hydrogen-bond donors (Lipinski definition) is 1. The zero-order valence-corrected chi connectivity index (χ0v) is 6.24. The lowest BCUT2D eigenvalue weighted by Crippen LogP contribution is -1.98. The summed E-state index contributed by atoms with van der Waals surface area (Å²) in [6.07, 6.45) is 0.751. The molecule has 58 valence electrons. The van der Waals surface area contributed by atoms with Crippen LogP contribution in [0.15, 0.2) is 24.3 Å². The minimum atomic E-state index is -0.348. The van der Waals surface area contributed by atoms with Crippen LogP contribution in [0.25, 0.3) is 0 Å². The third-order valence-electron chi connectivity index (χ3n) is 1.43. The van der Waals surface area contributed by atoms with Gasteiger partial charge in [-0.05, 0) is 24.3 Å². The Bertz CT molecular complexity index is 346. The van der Waals surface area contributed by atoms with Gasteiger partial charge in [0, 0.05) is 5.56 Å². The minimum Gasteiger partial charge on any atom is -0.305 e. The number of nitriles is 1. The Morgan fingerprint density at radius 1 is 1.42 bits per heavy atom. The molecule has 0 amide bonds. The maximum Gasteiger partial charge on any atom is 0.203 e. The van der Waals surface area contributed by atoms with Crippen LogP contribution in [-0.2, 0) is 0 Å². The van der Waals surface area contributed by atoms with E-state index < -0.39 is 0 Å². The highest BCUT2D eigenvalue weighted by molar-refractivity contribution is 6.34. The lowest BCUT2D eigenvalue weighted by atomic mass is 10.1. The summed E-state index contributed by atoms with van der Waals surface area (Å²) in [4.78, 5) is 10.9. The van der Waals surface area contributed by atoms with E-state index in [4.69, 9.17) is 10.7 Å². The summed E-state index contributed by atoms with van der Waals surface area (Å²) in [5, 5.41) is 15.1. The highest BCUT2D eigenvalue weighted by Crippen LogP contribution is 2.02. The quantitative estimate of drug-likeness (QED) is 0.522. The Morgan fingerprint density at radius 2 is 2.00 bits per heavy atom. The minimum absolute atomic E-state index is 0.348. The van der Waals surface area contributed by atoms with Crippen molar-refractivity contribution in [2.45, 2.75) is 0 Å². The van der Waals surface area contributed by atoms with Crippen LogP contribution in [0.5, 0.6) is 0 Å². The average molecular weight is 158 g/mol. The molecule has 0 saturated carbocycles. The summed E-state index contributed by atoms with van der Waals surface area (Å²) in [5.74, 6) is -0.348. The van der Waals surface area contributed by atoms with Crippen LogP contribution in [0.1, 0.15) is 15.9 Å². The molecule has 0 bridgehead atoms. The Morgan fingerprint density at radius 3 is 2.42 bits per heavy atom. The van der Waals surface area contributed by atoms with E-state index in [0.717, 1.165) is 6.21 Å². The molecule has 1 N–H and O–H groups in total. The van der Waals surface area contributed by atoms with Gasteiger partial charge in [-0.3, -0.25) is 4.79 Å². The topological polar surface area (TPSA) is 64.7 Å². The Labute approximate surface area is 69.8 Å². The van der Waals surface area contributed by atoms with Crippen LogP contribution in [0.3, 0.4) is 0 Å². The largest absolute Gasteiger partial charge is 0.305 e. The van der Waals surface area contributed by atoms with Gasteiger partial charge in [0.25, 0.3) is 0 Å². The van der Waals surface area contributed by atoms with Gasteiger partial charge in [0.2, 0.25) is 5.78 Å². The molecule has 0 atom stereocenters. The molecule has 1 rings (SSSR count). The van der Waals surface area contributed by atoms with E-state index >= 15 is 0 Å². The van der Waals surface area contributed by atoms with Crippen LogP contribution in [0, 0.1) is 16.7 Å². The van der Waals surface area contributed by atoms with Gasteiger partial charge in [-0.25, -0.2) is 0 Å². The van der Waals surface area contributed by atoms with Crippen molar-refractivity contribution in [3.05, 3.63) is 35.4 Å². The van der Waals surface area contributed by atoms with Crippen LogP contribution in [0.2, 0.25) is 0 Å². The first-order valence-electron chi connectivity index (χ1n) is 3.33. The predicted octanol–water partition coefficient (Wildman–Crippen LogP) is 1.39. The van der Waals surface area contributed by atoms with Gasteiger partial charge in [-0.15, -0.1) is 0 Å². The number of hydrogen-bond acceptors (Lipinski definition) is 3. The fraction of sp³-hybridized carbons (Fsp3) is 0. The number of benzene rings is 1. The molecule has 3 nitrogen and oxygen atoms in total. The second-order valence-corrected chi connectivity index (χ2v) is 2.20. The standard InChI is InChI=1S/C9H6N2O/c10-5-7-1-3-8(4-2-7)9(12)6-11/h1-4,6,11H. The number of nitrogens with one attached hydrogen (secondary N) is 1. The maximum absolute atomic E-state index is 10.9. The van der Waals surface area contributed by atoms with Crippen molar-refractivity contribution >= 4 is 12.0 Å².